The van der Waals surface area contributed by atoms with Gasteiger partial charge in [0.25, 0.3) is 0 Å². The number of nitrogens with zero attached hydrogens (tertiary/aromatic N) is 2. The van der Waals surface area contributed by atoms with Gasteiger partial charge in [-0.1, -0.05) is 30.3 Å². The fourth-order valence-corrected chi connectivity index (χ4v) is 3.11. The minimum Gasteiger partial charge on any atom is -0.444 e. The Hall–Kier alpha value is -3.13. The fourth-order valence-electron chi connectivity index (χ4n) is 3.11. The molecule has 160 valence electrons. The molecule has 0 saturated carbocycles. The highest BCUT2D eigenvalue weighted by Crippen LogP contribution is 2.32. The predicted molar refractivity (Wildman–Crippen MR) is 111 cm³/mol. The number of benzene rings is 1. The highest BCUT2D eigenvalue weighted by Gasteiger charge is 2.42. The van der Waals surface area contributed by atoms with Crippen molar-refractivity contribution in [1.82, 2.24) is 9.88 Å². The summed E-state index contributed by atoms with van der Waals surface area (Å²) in [6.07, 6.45) is 0.750. The lowest BCUT2D eigenvalue weighted by Crippen LogP contribution is -2.38. The van der Waals surface area contributed by atoms with E-state index < -0.39 is 23.4 Å². The van der Waals surface area contributed by atoms with E-state index in [1.165, 1.54) is 11.1 Å². The Morgan fingerprint density at radius 1 is 1.20 bits per heavy atom. The van der Waals surface area contributed by atoms with Gasteiger partial charge < -0.3 is 19.5 Å². The molecular weight excluding hydrogens is 386 g/mol. The molecule has 1 fully saturated rings. The Labute approximate surface area is 175 Å². The number of anilines is 1. The number of aliphatic hydroxyl groups is 1. The van der Waals surface area contributed by atoms with Crippen LogP contribution in [0.25, 0.3) is 0 Å². The summed E-state index contributed by atoms with van der Waals surface area (Å²) < 4.78 is 10.5. The number of carbonyl (C=O) groups is 2. The predicted octanol–water partition coefficient (Wildman–Crippen LogP) is 3.66. The number of likely N-dealkylation sites (tertiary alicyclic amines) is 1. The van der Waals surface area contributed by atoms with Gasteiger partial charge in [-0.25, -0.2) is 9.59 Å². The number of carbonyl (C=O) groups excluding carboxylic acids is 2. The zero-order valence-corrected chi connectivity index (χ0v) is 17.4. The molecule has 1 aromatic carbocycles. The highest BCUT2D eigenvalue weighted by molar-refractivity contribution is 5.84. The Morgan fingerprint density at radius 2 is 1.93 bits per heavy atom. The smallest absolute Gasteiger partial charge is 0.412 e. The number of rotatable bonds is 4. The lowest BCUT2D eigenvalue weighted by molar-refractivity contribution is 0.0126. The maximum Gasteiger partial charge on any atom is 0.412 e. The van der Waals surface area contributed by atoms with E-state index >= 15 is 0 Å². The number of nitrogens with one attached hydrogen (secondary N) is 1. The van der Waals surface area contributed by atoms with Gasteiger partial charge in [-0.2, -0.15) is 0 Å². The van der Waals surface area contributed by atoms with Crippen molar-refractivity contribution in [3.05, 3.63) is 59.9 Å². The van der Waals surface area contributed by atoms with Gasteiger partial charge in [-0.3, -0.25) is 10.3 Å². The van der Waals surface area contributed by atoms with E-state index in [1.807, 2.05) is 30.3 Å². The summed E-state index contributed by atoms with van der Waals surface area (Å²) in [7, 11) is 0. The molecule has 1 atom stereocenters. The maximum absolute atomic E-state index is 12.2. The molecule has 8 nitrogen and oxygen atoms in total. The maximum atomic E-state index is 12.2. The minimum absolute atomic E-state index is 0.0980. The zero-order chi connectivity index (χ0) is 21.8. The summed E-state index contributed by atoms with van der Waals surface area (Å²) in [6.45, 7) is 6.03. The summed E-state index contributed by atoms with van der Waals surface area (Å²) in [6, 6.07) is 12.6. The molecule has 30 heavy (non-hydrogen) atoms. The largest absolute Gasteiger partial charge is 0.444 e. The van der Waals surface area contributed by atoms with E-state index in [0.29, 0.717) is 24.3 Å². The molecule has 1 aliphatic rings. The number of β-amino-alcohol motifs (C(OH)–C–C–N with tert-alkyl or cyclic N) is 1. The second-order valence-electron chi connectivity index (χ2n) is 8.30. The molecule has 2 heterocycles. The van der Waals surface area contributed by atoms with Crippen molar-refractivity contribution < 1.29 is 24.2 Å². The van der Waals surface area contributed by atoms with Gasteiger partial charge in [-0.05, 0) is 38.5 Å². The lowest BCUT2D eigenvalue weighted by atomic mass is 9.98. The van der Waals surface area contributed by atoms with Crippen molar-refractivity contribution in [3.8, 4) is 0 Å². The van der Waals surface area contributed by atoms with E-state index in [4.69, 9.17) is 9.47 Å². The Bertz CT molecular complexity index is 880. The third-order valence-electron chi connectivity index (χ3n) is 4.60. The second kappa shape index (κ2) is 8.71. The van der Waals surface area contributed by atoms with Crippen LogP contribution in [0, 0.1) is 0 Å². The van der Waals surface area contributed by atoms with Gasteiger partial charge in [0, 0.05) is 13.0 Å². The van der Waals surface area contributed by atoms with Crippen LogP contribution < -0.4 is 5.32 Å². The molecule has 2 amide bonds. The first kappa shape index (κ1) is 21.6. The van der Waals surface area contributed by atoms with Gasteiger partial charge >= 0.3 is 12.2 Å². The van der Waals surface area contributed by atoms with Crippen LogP contribution in [0.2, 0.25) is 0 Å². The number of ether oxygens (including phenoxy) is 2. The third kappa shape index (κ3) is 5.70. The van der Waals surface area contributed by atoms with Crippen molar-refractivity contribution in [1.29, 1.82) is 0 Å². The van der Waals surface area contributed by atoms with Crippen molar-refractivity contribution in [2.45, 2.75) is 45.0 Å². The molecule has 0 spiro atoms. The van der Waals surface area contributed by atoms with Crippen LogP contribution in [0.15, 0.2) is 48.7 Å². The lowest BCUT2D eigenvalue weighted by Gasteiger charge is -2.26. The van der Waals surface area contributed by atoms with E-state index in [-0.39, 0.29) is 13.2 Å². The third-order valence-corrected chi connectivity index (χ3v) is 4.60. The van der Waals surface area contributed by atoms with Crippen molar-refractivity contribution in [3.63, 3.8) is 0 Å². The first-order valence-electron chi connectivity index (χ1n) is 9.79. The molecule has 0 aliphatic carbocycles. The first-order chi connectivity index (χ1) is 14.1. The molecule has 2 aromatic rings. The van der Waals surface area contributed by atoms with Crippen LogP contribution in [0.5, 0.6) is 0 Å². The molecule has 2 N–H and O–H groups in total. The van der Waals surface area contributed by atoms with Crippen molar-refractivity contribution in [2.75, 3.05) is 18.4 Å². The van der Waals surface area contributed by atoms with Gasteiger partial charge in [0.1, 0.15) is 17.8 Å². The molecule has 8 heteroatoms. The molecular formula is C22H27N3O5. The molecule has 1 aromatic heterocycles. The summed E-state index contributed by atoms with van der Waals surface area (Å²) in [5, 5.41) is 13.5. The summed E-state index contributed by atoms with van der Waals surface area (Å²) in [5.41, 5.74) is -0.0971. The second-order valence-corrected chi connectivity index (χ2v) is 8.30. The molecule has 0 bridgehead atoms. The highest BCUT2D eigenvalue weighted by atomic mass is 16.6. The van der Waals surface area contributed by atoms with Gasteiger partial charge in [0.15, 0.2) is 0 Å². The van der Waals surface area contributed by atoms with Crippen LogP contribution in [-0.4, -0.2) is 45.9 Å². The molecule has 0 radical (unpaired) electrons. The van der Waals surface area contributed by atoms with E-state index in [9.17, 15) is 14.7 Å². The SMILES string of the molecule is CC(C)(C)OC(=O)N1CCC(O)(c2ccc(NC(=O)OCc3ccccc3)cn2)C1. The Kier molecular flexibility index (Phi) is 6.26. The standard InChI is InChI=1S/C22H27N3O5/c1-21(2,3)30-20(27)25-12-11-22(28,15-25)18-10-9-17(13-23-18)24-19(26)29-14-16-7-5-4-6-8-16/h4-10,13,28H,11-12,14-15H2,1-3H3,(H,24,26). The number of amides is 2. The topological polar surface area (TPSA) is 101 Å². The quantitative estimate of drug-likeness (QED) is 0.793. The normalized spacial score (nSPS) is 18.7. The summed E-state index contributed by atoms with van der Waals surface area (Å²) >= 11 is 0. The van der Waals surface area contributed by atoms with Crippen molar-refractivity contribution in [2.24, 2.45) is 0 Å². The Morgan fingerprint density at radius 3 is 2.57 bits per heavy atom. The van der Waals surface area contributed by atoms with E-state index in [1.54, 1.807) is 32.9 Å². The monoisotopic (exact) mass is 413 g/mol. The van der Waals surface area contributed by atoms with E-state index in [0.717, 1.165) is 5.56 Å². The molecule has 1 saturated heterocycles. The average molecular weight is 413 g/mol. The van der Waals surface area contributed by atoms with Crippen LogP contribution >= 0.6 is 0 Å². The summed E-state index contributed by atoms with van der Waals surface area (Å²) in [4.78, 5) is 29.9. The minimum atomic E-state index is -1.26. The number of pyridine rings is 1. The van der Waals surface area contributed by atoms with E-state index in [2.05, 4.69) is 10.3 Å². The van der Waals surface area contributed by atoms with Crippen LogP contribution in [0.3, 0.4) is 0 Å². The van der Waals surface area contributed by atoms with Crippen LogP contribution in [-0.2, 0) is 21.7 Å². The van der Waals surface area contributed by atoms with Crippen molar-refractivity contribution >= 4 is 17.9 Å². The average Bonchev–Trinajstić information content (AvgIpc) is 3.10. The zero-order valence-electron chi connectivity index (χ0n) is 17.4. The number of aromatic nitrogens is 1. The molecule has 1 unspecified atom stereocenters. The van der Waals surface area contributed by atoms with Gasteiger partial charge in [-0.15, -0.1) is 0 Å². The summed E-state index contributed by atoms with van der Waals surface area (Å²) in [5.74, 6) is 0. The fraction of sp³-hybridized carbons (Fsp3) is 0.409. The molecule has 1 aliphatic heterocycles. The van der Waals surface area contributed by atoms with Gasteiger partial charge in [0.05, 0.1) is 24.1 Å². The van der Waals surface area contributed by atoms with Crippen LogP contribution in [0.4, 0.5) is 15.3 Å². The van der Waals surface area contributed by atoms with Crippen LogP contribution in [0.1, 0.15) is 38.4 Å². The molecule has 3 rings (SSSR count). The van der Waals surface area contributed by atoms with Gasteiger partial charge in [0.2, 0.25) is 0 Å². The first-order valence-corrected chi connectivity index (χ1v) is 9.79. The Balaban J connectivity index is 1.55. The number of hydrogen-bond acceptors (Lipinski definition) is 6. The number of hydrogen-bond donors (Lipinski definition) is 2.